The third kappa shape index (κ3) is 4.01. The Morgan fingerprint density at radius 3 is 2.70 bits per heavy atom. The summed E-state index contributed by atoms with van der Waals surface area (Å²) < 4.78 is 7.42. The molecule has 0 aliphatic carbocycles. The maximum atomic E-state index is 12.5. The molecule has 2 aromatic rings. The summed E-state index contributed by atoms with van der Waals surface area (Å²) in [4.78, 5) is 12.5. The average molecular weight is 310 g/mol. The summed E-state index contributed by atoms with van der Waals surface area (Å²) in [6.45, 7) is 6.64. The number of aromatic nitrogens is 1. The van der Waals surface area contributed by atoms with Crippen molar-refractivity contribution in [1.82, 2.24) is 4.57 Å². The van der Waals surface area contributed by atoms with Gasteiger partial charge in [0, 0.05) is 12.1 Å². The number of nitrogens with zero attached hydrogens (tertiary/aromatic N) is 2. The van der Waals surface area contributed by atoms with E-state index in [1.807, 2.05) is 50.2 Å². The average Bonchev–Trinajstić information content (AvgIpc) is 2.53. The lowest BCUT2D eigenvalue weighted by molar-refractivity contribution is 0.242. The molecule has 0 saturated heterocycles. The second-order valence-corrected chi connectivity index (χ2v) is 5.75. The first-order chi connectivity index (χ1) is 11.1. The lowest BCUT2D eigenvalue weighted by atomic mass is 10.1. The standard InChI is InChI=1S/C19H22N2O2/c1-4-5-11-21-18(10-9-16(13-20)19(21)22)15-7-6-8-17(12-15)23-14(2)3/h6-10,12,14H,4-5,11H2,1-3H3. The quantitative estimate of drug-likeness (QED) is 0.811. The summed E-state index contributed by atoms with van der Waals surface area (Å²) >= 11 is 0. The number of unbranched alkanes of at least 4 members (excludes halogenated alkanes) is 1. The minimum Gasteiger partial charge on any atom is -0.491 e. The molecule has 4 nitrogen and oxygen atoms in total. The Hall–Kier alpha value is -2.54. The summed E-state index contributed by atoms with van der Waals surface area (Å²) in [5.41, 5.74) is 1.69. The van der Waals surface area contributed by atoms with Gasteiger partial charge in [-0.25, -0.2) is 0 Å². The van der Waals surface area contributed by atoms with Crippen LogP contribution in [0.15, 0.2) is 41.2 Å². The second kappa shape index (κ2) is 7.64. The molecular formula is C19H22N2O2. The number of hydrogen-bond donors (Lipinski definition) is 0. The predicted molar refractivity (Wildman–Crippen MR) is 91.5 cm³/mol. The second-order valence-electron chi connectivity index (χ2n) is 5.75. The van der Waals surface area contributed by atoms with E-state index in [4.69, 9.17) is 10.00 Å². The van der Waals surface area contributed by atoms with Crippen molar-refractivity contribution in [1.29, 1.82) is 5.26 Å². The van der Waals surface area contributed by atoms with Gasteiger partial charge in [-0.15, -0.1) is 0 Å². The molecule has 0 fully saturated rings. The van der Waals surface area contributed by atoms with E-state index in [2.05, 4.69) is 6.92 Å². The Labute approximate surface area is 137 Å². The molecule has 23 heavy (non-hydrogen) atoms. The predicted octanol–water partition coefficient (Wildman–Crippen LogP) is 3.97. The van der Waals surface area contributed by atoms with E-state index in [1.54, 1.807) is 10.6 Å². The highest BCUT2D eigenvalue weighted by molar-refractivity contribution is 5.62. The number of hydrogen-bond acceptors (Lipinski definition) is 3. The Morgan fingerprint density at radius 1 is 1.26 bits per heavy atom. The van der Waals surface area contributed by atoms with E-state index < -0.39 is 0 Å². The molecule has 0 aliphatic rings. The largest absolute Gasteiger partial charge is 0.491 e. The third-order valence-corrected chi connectivity index (χ3v) is 3.53. The molecule has 0 spiro atoms. The van der Waals surface area contributed by atoms with Crippen LogP contribution < -0.4 is 10.3 Å². The van der Waals surface area contributed by atoms with Gasteiger partial charge >= 0.3 is 0 Å². The van der Waals surface area contributed by atoms with Crippen molar-refractivity contribution in [3.05, 3.63) is 52.3 Å². The SMILES string of the molecule is CCCCn1c(-c2cccc(OC(C)C)c2)ccc(C#N)c1=O. The fourth-order valence-electron chi connectivity index (χ4n) is 2.45. The van der Waals surface area contributed by atoms with Gasteiger partial charge in [-0.2, -0.15) is 5.26 Å². The summed E-state index contributed by atoms with van der Waals surface area (Å²) in [7, 11) is 0. The van der Waals surface area contributed by atoms with Crippen LogP contribution in [0.3, 0.4) is 0 Å². The zero-order chi connectivity index (χ0) is 16.8. The third-order valence-electron chi connectivity index (χ3n) is 3.53. The molecule has 1 aromatic carbocycles. The van der Waals surface area contributed by atoms with E-state index in [0.29, 0.717) is 6.54 Å². The molecular weight excluding hydrogens is 288 g/mol. The van der Waals surface area contributed by atoms with E-state index in [-0.39, 0.29) is 17.2 Å². The van der Waals surface area contributed by atoms with Crippen molar-refractivity contribution in [2.45, 2.75) is 46.3 Å². The van der Waals surface area contributed by atoms with Crippen LogP contribution in [0.5, 0.6) is 5.75 Å². The summed E-state index contributed by atoms with van der Waals surface area (Å²) in [5.74, 6) is 0.774. The van der Waals surface area contributed by atoms with Gasteiger partial charge in [0.25, 0.3) is 5.56 Å². The fraction of sp³-hybridized carbons (Fsp3) is 0.368. The lowest BCUT2D eigenvalue weighted by Gasteiger charge is -2.15. The van der Waals surface area contributed by atoms with Crippen molar-refractivity contribution in [2.75, 3.05) is 0 Å². The van der Waals surface area contributed by atoms with Crippen LogP contribution in [0.2, 0.25) is 0 Å². The molecule has 4 heteroatoms. The maximum Gasteiger partial charge on any atom is 0.268 e. The molecule has 0 bridgehead atoms. The van der Waals surface area contributed by atoms with Crippen molar-refractivity contribution < 1.29 is 4.74 Å². The normalized spacial score (nSPS) is 10.6. The van der Waals surface area contributed by atoms with Crippen LogP contribution in [-0.2, 0) is 6.54 Å². The topological polar surface area (TPSA) is 55.0 Å². The number of ether oxygens (including phenoxy) is 1. The summed E-state index contributed by atoms with van der Waals surface area (Å²) in [6.07, 6.45) is 1.97. The van der Waals surface area contributed by atoms with Gasteiger partial charge in [0.05, 0.1) is 11.8 Å². The van der Waals surface area contributed by atoms with E-state index >= 15 is 0 Å². The molecule has 2 rings (SSSR count). The fourth-order valence-corrected chi connectivity index (χ4v) is 2.45. The van der Waals surface area contributed by atoms with Crippen LogP contribution in [0, 0.1) is 11.3 Å². The zero-order valence-corrected chi connectivity index (χ0v) is 13.9. The summed E-state index contributed by atoms with van der Waals surface area (Å²) in [6, 6.07) is 13.1. The van der Waals surface area contributed by atoms with E-state index in [9.17, 15) is 4.79 Å². The first-order valence-electron chi connectivity index (χ1n) is 7.97. The van der Waals surface area contributed by atoms with Gasteiger partial charge < -0.3 is 9.30 Å². The van der Waals surface area contributed by atoms with Crippen molar-refractivity contribution in [2.24, 2.45) is 0 Å². The van der Waals surface area contributed by atoms with Crippen molar-refractivity contribution in [3.8, 4) is 23.1 Å². The van der Waals surface area contributed by atoms with Gasteiger partial charge in [0.1, 0.15) is 17.4 Å². The first kappa shape index (κ1) is 16.8. The highest BCUT2D eigenvalue weighted by atomic mass is 16.5. The zero-order valence-electron chi connectivity index (χ0n) is 13.9. The molecule has 0 radical (unpaired) electrons. The highest BCUT2D eigenvalue weighted by Crippen LogP contribution is 2.24. The molecule has 0 amide bonds. The van der Waals surface area contributed by atoms with E-state index in [0.717, 1.165) is 29.8 Å². The van der Waals surface area contributed by atoms with Crippen LogP contribution >= 0.6 is 0 Å². The Kier molecular flexibility index (Phi) is 5.59. The molecule has 120 valence electrons. The molecule has 0 atom stereocenters. The lowest BCUT2D eigenvalue weighted by Crippen LogP contribution is -2.24. The Balaban J connectivity index is 2.52. The van der Waals surface area contributed by atoms with Crippen molar-refractivity contribution >= 4 is 0 Å². The number of rotatable bonds is 6. The first-order valence-corrected chi connectivity index (χ1v) is 7.97. The van der Waals surface area contributed by atoms with Gasteiger partial charge in [-0.1, -0.05) is 25.5 Å². The summed E-state index contributed by atoms with van der Waals surface area (Å²) in [5, 5.41) is 9.09. The maximum absolute atomic E-state index is 12.5. The monoisotopic (exact) mass is 310 g/mol. The minimum atomic E-state index is -0.228. The van der Waals surface area contributed by atoms with E-state index in [1.165, 1.54) is 0 Å². The van der Waals surface area contributed by atoms with Crippen LogP contribution in [0.1, 0.15) is 39.2 Å². The number of nitriles is 1. The Morgan fingerprint density at radius 2 is 2.04 bits per heavy atom. The molecule has 0 aliphatic heterocycles. The van der Waals surface area contributed by atoms with Crippen LogP contribution in [0.25, 0.3) is 11.3 Å². The minimum absolute atomic E-state index is 0.0912. The van der Waals surface area contributed by atoms with Crippen LogP contribution in [0.4, 0.5) is 0 Å². The van der Waals surface area contributed by atoms with Gasteiger partial charge in [-0.3, -0.25) is 4.79 Å². The van der Waals surface area contributed by atoms with Gasteiger partial charge in [0.15, 0.2) is 0 Å². The van der Waals surface area contributed by atoms with Gasteiger partial charge in [0.2, 0.25) is 0 Å². The molecule has 0 saturated carbocycles. The number of benzene rings is 1. The highest BCUT2D eigenvalue weighted by Gasteiger charge is 2.11. The van der Waals surface area contributed by atoms with Gasteiger partial charge in [-0.05, 0) is 44.5 Å². The Bertz CT molecular complexity index is 770. The molecule has 1 aromatic heterocycles. The van der Waals surface area contributed by atoms with Crippen molar-refractivity contribution in [3.63, 3.8) is 0 Å². The molecule has 1 heterocycles. The molecule has 0 N–H and O–H groups in total. The number of pyridine rings is 1. The van der Waals surface area contributed by atoms with Crippen LogP contribution in [-0.4, -0.2) is 10.7 Å². The molecule has 0 unspecified atom stereocenters. The smallest absolute Gasteiger partial charge is 0.268 e.